The molecule has 0 aliphatic heterocycles. The van der Waals surface area contributed by atoms with Gasteiger partial charge in [0.05, 0.1) is 15.5 Å². The van der Waals surface area contributed by atoms with Crippen LogP contribution in [-0.4, -0.2) is 37.3 Å². The van der Waals surface area contributed by atoms with Crippen molar-refractivity contribution in [2.24, 2.45) is 0 Å². The number of methoxy groups -OCH3 is 1. The molecular formula is C12H15BrN2O4. The third kappa shape index (κ3) is 2.88. The van der Waals surface area contributed by atoms with E-state index in [1.807, 2.05) is 7.05 Å². The van der Waals surface area contributed by atoms with Crippen molar-refractivity contribution in [2.75, 3.05) is 14.2 Å². The Balaban J connectivity index is 2.11. The number of ether oxygens (including phenoxy) is 2. The van der Waals surface area contributed by atoms with E-state index in [0.29, 0.717) is 10.2 Å². The number of nitrogens with zero attached hydrogens (tertiary/aromatic N) is 1. The predicted octanol–water partition coefficient (Wildman–Crippen LogP) is 2.11. The maximum absolute atomic E-state index is 10.8. The molecule has 3 atom stereocenters. The zero-order chi connectivity index (χ0) is 14.0. The number of hydrogen-bond acceptors (Lipinski definition) is 5. The summed E-state index contributed by atoms with van der Waals surface area (Å²) in [7, 11) is 3.50. The average Bonchev–Trinajstić information content (AvgIpc) is 2.36. The van der Waals surface area contributed by atoms with Gasteiger partial charge in [0, 0.05) is 25.6 Å². The fourth-order valence-electron chi connectivity index (χ4n) is 2.15. The standard InChI is InChI=1S/C12H15BrN2O4/c1-14-9-6-11(12(9)18-2)19-10-5-7(15(16)17)3-4-8(10)13/h3-5,9,11-12,14H,6H2,1-2H3. The van der Waals surface area contributed by atoms with Gasteiger partial charge >= 0.3 is 0 Å². The molecule has 1 aliphatic carbocycles. The van der Waals surface area contributed by atoms with Gasteiger partial charge in [-0.15, -0.1) is 0 Å². The van der Waals surface area contributed by atoms with Gasteiger partial charge in [0.25, 0.3) is 5.69 Å². The van der Waals surface area contributed by atoms with Crippen molar-refractivity contribution in [3.8, 4) is 5.75 Å². The van der Waals surface area contributed by atoms with E-state index in [2.05, 4.69) is 21.2 Å². The summed E-state index contributed by atoms with van der Waals surface area (Å²) in [5.41, 5.74) is 0.0108. The minimum atomic E-state index is -0.440. The molecule has 1 aromatic carbocycles. The topological polar surface area (TPSA) is 73.6 Å². The van der Waals surface area contributed by atoms with Crippen LogP contribution in [0.25, 0.3) is 0 Å². The normalized spacial score (nSPS) is 25.7. The molecule has 0 heterocycles. The molecule has 3 unspecified atom stereocenters. The molecular weight excluding hydrogens is 316 g/mol. The highest BCUT2D eigenvalue weighted by molar-refractivity contribution is 9.10. The lowest BCUT2D eigenvalue weighted by Gasteiger charge is -2.43. The number of rotatable bonds is 5. The van der Waals surface area contributed by atoms with E-state index in [4.69, 9.17) is 9.47 Å². The predicted molar refractivity (Wildman–Crippen MR) is 73.5 cm³/mol. The lowest BCUT2D eigenvalue weighted by Crippen LogP contribution is -2.60. The summed E-state index contributed by atoms with van der Waals surface area (Å²) < 4.78 is 11.8. The van der Waals surface area contributed by atoms with Crippen LogP contribution < -0.4 is 10.1 Å². The third-order valence-corrected chi connectivity index (χ3v) is 3.95. The molecule has 0 bridgehead atoms. The second kappa shape index (κ2) is 5.85. The average molecular weight is 331 g/mol. The summed E-state index contributed by atoms with van der Waals surface area (Å²) in [6, 6.07) is 4.72. The van der Waals surface area contributed by atoms with Crippen molar-refractivity contribution >= 4 is 21.6 Å². The first-order valence-electron chi connectivity index (χ1n) is 5.87. The number of hydrogen-bond donors (Lipinski definition) is 1. The molecule has 19 heavy (non-hydrogen) atoms. The minimum Gasteiger partial charge on any atom is -0.486 e. The van der Waals surface area contributed by atoms with Gasteiger partial charge in [0.1, 0.15) is 18.0 Å². The van der Waals surface area contributed by atoms with Crippen LogP contribution in [-0.2, 0) is 4.74 Å². The van der Waals surface area contributed by atoms with Gasteiger partial charge in [-0.25, -0.2) is 0 Å². The molecule has 2 rings (SSSR count). The van der Waals surface area contributed by atoms with Gasteiger partial charge in [-0.1, -0.05) is 0 Å². The SMILES string of the molecule is CNC1CC(Oc2cc([N+](=O)[O-])ccc2Br)C1OC. The fourth-order valence-corrected chi connectivity index (χ4v) is 2.49. The van der Waals surface area contributed by atoms with E-state index in [1.165, 1.54) is 12.1 Å². The number of halogens is 1. The molecule has 1 N–H and O–H groups in total. The second-order valence-corrected chi connectivity index (χ2v) is 5.21. The molecule has 7 heteroatoms. The molecule has 0 radical (unpaired) electrons. The number of nitro groups is 1. The van der Waals surface area contributed by atoms with Crippen LogP contribution in [0.1, 0.15) is 6.42 Å². The molecule has 6 nitrogen and oxygen atoms in total. The molecule has 0 spiro atoms. The number of likely N-dealkylation sites (N-methyl/N-ethyl adjacent to an activating group) is 1. The first-order chi connectivity index (χ1) is 9.06. The molecule has 104 valence electrons. The van der Waals surface area contributed by atoms with E-state index in [0.717, 1.165) is 6.42 Å². The summed E-state index contributed by atoms with van der Waals surface area (Å²) in [5.74, 6) is 0.468. The van der Waals surface area contributed by atoms with E-state index in [1.54, 1.807) is 13.2 Å². The van der Waals surface area contributed by atoms with Gasteiger partial charge in [0.15, 0.2) is 0 Å². The Kier molecular flexibility index (Phi) is 4.38. The zero-order valence-electron chi connectivity index (χ0n) is 10.6. The van der Waals surface area contributed by atoms with Gasteiger partial charge in [-0.05, 0) is 29.0 Å². The quantitative estimate of drug-likeness (QED) is 0.661. The molecule has 0 amide bonds. The Bertz CT molecular complexity index is 483. The number of nitrogens with one attached hydrogen (secondary N) is 1. The summed E-state index contributed by atoms with van der Waals surface area (Å²) in [6.07, 6.45) is 0.668. The highest BCUT2D eigenvalue weighted by atomic mass is 79.9. The molecule has 0 aromatic heterocycles. The van der Waals surface area contributed by atoms with Crippen LogP contribution in [0.2, 0.25) is 0 Å². The van der Waals surface area contributed by atoms with E-state index in [9.17, 15) is 10.1 Å². The summed E-state index contributed by atoms with van der Waals surface area (Å²) in [6.45, 7) is 0. The van der Waals surface area contributed by atoms with Crippen molar-refractivity contribution in [3.05, 3.63) is 32.8 Å². The number of benzene rings is 1. The van der Waals surface area contributed by atoms with Crippen LogP contribution in [0.4, 0.5) is 5.69 Å². The first-order valence-corrected chi connectivity index (χ1v) is 6.66. The van der Waals surface area contributed by atoms with Crippen LogP contribution >= 0.6 is 15.9 Å². The van der Waals surface area contributed by atoms with Crippen molar-refractivity contribution in [2.45, 2.75) is 24.7 Å². The molecule has 1 saturated carbocycles. The monoisotopic (exact) mass is 330 g/mol. The second-order valence-electron chi connectivity index (χ2n) is 4.36. The van der Waals surface area contributed by atoms with E-state index in [-0.39, 0.29) is 23.9 Å². The van der Waals surface area contributed by atoms with Gasteiger partial charge in [-0.2, -0.15) is 0 Å². The van der Waals surface area contributed by atoms with Crippen molar-refractivity contribution in [1.29, 1.82) is 0 Å². The Hall–Kier alpha value is -1.18. The molecule has 1 fully saturated rings. The Morgan fingerprint density at radius 1 is 1.53 bits per heavy atom. The van der Waals surface area contributed by atoms with Crippen LogP contribution in [0.5, 0.6) is 5.75 Å². The van der Waals surface area contributed by atoms with Crippen molar-refractivity contribution < 1.29 is 14.4 Å². The lowest BCUT2D eigenvalue weighted by molar-refractivity contribution is -0.385. The van der Waals surface area contributed by atoms with Crippen LogP contribution in [0.3, 0.4) is 0 Å². The third-order valence-electron chi connectivity index (χ3n) is 3.30. The first kappa shape index (κ1) is 14.2. The fraction of sp³-hybridized carbons (Fsp3) is 0.500. The molecule has 1 aliphatic rings. The molecule has 1 aromatic rings. The van der Waals surface area contributed by atoms with Crippen molar-refractivity contribution in [3.63, 3.8) is 0 Å². The summed E-state index contributed by atoms with van der Waals surface area (Å²) >= 11 is 3.33. The Morgan fingerprint density at radius 2 is 2.26 bits per heavy atom. The zero-order valence-corrected chi connectivity index (χ0v) is 12.2. The van der Waals surface area contributed by atoms with E-state index >= 15 is 0 Å². The lowest BCUT2D eigenvalue weighted by atomic mass is 9.85. The van der Waals surface area contributed by atoms with Gasteiger partial charge in [0.2, 0.25) is 0 Å². The van der Waals surface area contributed by atoms with Crippen LogP contribution in [0, 0.1) is 10.1 Å². The minimum absolute atomic E-state index is 0.0108. The summed E-state index contributed by atoms with van der Waals surface area (Å²) in [4.78, 5) is 10.3. The van der Waals surface area contributed by atoms with E-state index < -0.39 is 4.92 Å². The Morgan fingerprint density at radius 3 is 2.84 bits per heavy atom. The number of non-ortho nitro benzene ring substituents is 1. The maximum atomic E-state index is 10.8. The molecule has 0 saturated heterocycles. The maximum Gasteiger partial charge on any atom is 0.273 e. The Labute approximate surface area is 119 Å². The van der Waals surface area contributed by atoms with Crippen molar-refractivity contribution in [1.82, 2.24) is 5.32 Å². The van der Waals surface area contributed by atoms with Gasteiger partial charge in [-0.3, -0.25) is 10.1 Å². The van der Waals surface area contributed by atoms with Crippen LogP contribution in [0.15, 0.2) is 22.7 Å². The largest absolute Gasteiger partial charge is 0.486 e. The summed E-state index contributed by atoms with van der Waals surface area (Å²) in [5, 5.41) is 13.9. The highest BCUT2D eigenvalue weighted by Crippen LogP contribution is 2.34. The smallest absolute Gasteiger partial charge is 0.273 e. The number of nitro benzene ring substituents is 1. The highest BCUT2D eigenvalue weighted by Gasteiger charge is 2.42. The van der Waals surface area contributed by atoms with Gasteiger partial charge < -0.3 is 14.8 Å².